The van der Waals surface area contributed by atoms with Gasteiger partial charge in [0.1, 0.15) is 0 Å². The fourth-order valence-corrected chi connectivity index (χ4v) is 3.55. The fraction of sp³-hybridized carbons (Fsp3) is 0.0833. The lowest BCUT2D eigenvalue weighted by molar-refractivity contribution is -0.394. The maximum absolute atomic E-state index is 12.4. The van der Waals surface area contributed by atoms with E-state index in [9.17, 15) is 25.0 Å². The molecule has 0 bridgehead atoms. The van der Waals surface area contributed by atoms with Crippen LogP contribution in [0.2, 0.25) is 10.0 Å². The highest BCUT2D eigenvalue weighted by molar-refractivity contribution is 6.42. The highest BCUT2D eigenvalue weighted by Gasteiger charge is 2.25. The van der Waals surface area contributed by atoms with Gasteiger partial charge >= 0.3 is 11.7 Å². The molecule has 1 aliphatic heterocycles. The monoisotopic (exact) mass is 543 g/mol. The van der Waals surface area contributed by atoms with Crippen molar-refractivity contribution in [1.29, 1.82) is 0 Å². The maximum Gasteiger partial charge on any atom is 0.363 e. The average molecular weight is 544 g/mol. The highest BCUT2D eigenvalue weighted by atomic mass is 35.5. The van der Waals surface area contributed by atoms with Crippen molar-refractivity contribution >= 4 is 52.5 Å². The van der Waals surface area contributed by atoms with Crippen molar-refractivity contribution in [3.8, 4) is 17.2 Å². The quantitative estimate of drug-likeness (QED) is 0.138. The first-order valence-electron chi connectivity index (χ1n) is 10.5. The Morgan fingerprint density at radius 3 is 2.38 bits per heavy atom. The highest BCUT2D eigenvalue weighted by Crippen LogP contribution is 2.39. The van der Waals surface area contributed by atoms with Crippen LogP contribution in [0.4, 0.5) is 11.4 Å². The van der Waals surface area contributed by atoms with Gasteiger partial charge in [0, 0.05) is 11.6 Å². The number of cyclic esters (lactones) is 1. The van der Waals surface area contributed by atoms with Crippen LogP contribution >= 0.6 is 23.2 Å². The molecule has 13 heteroatoms. The van der Waals surface area contributed by atoms with E-state index >= 15 is 0 Å². The van der Waals surface area contributed by atoms with Crippen LogP contribution in [0.25, 0.3) is 6.08 Å². The summed E-state index contributed by atoms with van der Waals surface area (Å²) in [7, 11) is 0. The fourth-order valence-electron chi connectivity index (χ4n) is 3.25. The van der Waals surface area contributed by atoms with E-state index in [-0.39, 0.29) is 40.5 Å². The zero-order valence-corrected chi connectivity index (χ0v) is 20.4. The van der Waals surface area contributed by atoms with Gasteiger partial charge in [0.05, 0.1) is 32.6 Å². The molecular formula is C24H15Cl2N3O8. The van der Waals surface area contributed by atoms with Crippen LogP contribution in [0.15, 0.2) is 65.3 Å². The molecule has 3 aromatic carbocycles. The van der Waals surface area contributed by atoms with E-state index < -0.39 is 27.2 Å². The minimum absolute atomic E-state index is 0.0168. The number of carbonyl (C=O) groups excluding carboxylic acids is 1. The number of aliphatic imine (C=N–C) groups is 1. The molecule has 3 aromatic rings. The zero-order chi connectivity index (χ0) is 26.7. The molecule has 37 heavy (non-hydrogen) atoms. The molecule has 0 N–H and O–H groups in total. The molecule has 0 atom stereocenters. The van der Waals surface area contributed by atoms with Gasteiger partial charge in [0.25, 0.3) is 5.69 Å². The molecule has 0 amide bonds. The number of carbonyl (C=O) groups is 1. The molecule has 0 fully saturated rings. The predicted octanol–water partition coefficient (Wildman–Crippen LogP) is 6.35. The van der Waals surface area contributed by atoms with Gasteiger partial charge in [0.15, 0.2) is 17.2 Å². The molecular weight excluding hydrogens is 529 g/mol. The smallest absolute Gasteiger partial charge is 0.363 e. The first-order chi connectivity index (χ1) is 17.7. The largest absolute Gasteiger partial charge is 0.490 e. The number of rotatable bonds is 8. The van der Waals surface area contributed by atoms with E-state index in [1.807, 2.05) is 0 Å². The van der Waals surface area contributed by atoms with Gasteiger partial charge < -0.3 is 14.2 Å². The molecule has 0 unspecified atom stereocenters. The molecule has 0 saturated heterocycles. The third-order valence-electron chi connectivity index (χ3n) is 4.93. The zero-order valence-electron chi connectivity index (χ0n) is 18.8. The number of nitro groups is 2. The Morgan fingerprint density at radius 2 is 1.70 bits per heavy atom. The molecule has 0 radical (unpaired) electrons. The standard InChI is InChI=1S/C24H15Cl2N3O8/c1-2-35-22-10-13(9-18-24(30)37-23(27-18)14-4-6-16(25)17(26)11-14)3-7-21(22)36-20-8-5-15(28(31)32)12-19(20)29(33)34/h3-12H,2H2,1H3/b18-9-. The Balaban J connectivity index is 1.65. The van der Waals surface area contributed by atoms with Crippen molar-refractivity contribution < 1.29 is 28.9 Å². The molecule has 1 aliphatic rings. The maximum atomic E-state index is 12.4. The lowest BCUT2D eigenvalue weighted by Gasteiger charge is -2.12. The summed E-state index contributed by atoms with van der Waals surface area (Å²) in [6.45, 7) is 1.96. The van der Waals surface area contributed by atoms with Crippen molar-refractivity contribution in [3.05, 3.63) is 102 Å². The molecule has 0 aromatic heterocycles. The summed E-state index contributed by atoms with van der Waals surface area (Å²) in [5, 5.41) is 23.0. The van der Waals surface area contributed by atoms with E-state index in [0.717, 1.165) is 18.2 Å². The van der Waals surface area contributed by atoms with Crippen LogP contribution in [0.5, 0.6) is 17.2 Å². The Kier molecular flexibility index (Phi) is 7.37. The second-order valence-corrected chi connectivity index (χ2v) is 8.19. The van der Waals surface area contributed by atoms with Crippen LogP contribution in [-0.4, -0.2) is 28.3 Å². The number of non-ortho nitro benzene ring substituents is 1. The molecule has 1 heterocycles. The van der Waals surface area contributed by atoms with Crippen LogP contribution in [0, 0.1) is 20.2 Å². The lowest BCUT2D eigenvalue weighted by atomic mass is 10.1. The van der Waals surface area contributed by atoms with Crippen LogP contribution < -0.4 is 9.47 Å². The minimum Gasteiger partial charge on any atom is -0.490 e. The van der Waals surface area contributed by atoms with Gasteiger partial charge in [-0.2, -0.15) is 0 Å². The summed E-state index contributed by atoms with van der Waals surface area (Å²) in [5.41, 5.74) is -0.0473. The number of nitro benzene ring substituents is 2. The van der Waals surface area contributed by atoms with Gasteiger partial charge in [-0.25, -0.2) is 9.79 Å². The van der Waals surface area contributed by atoms with Gasteiger partial charge in [-0.15, -0.1) is 0 Å². The molecule has 0 spiro atoms. The Bertz CT molecular complexity index is 1500. The number of halogens is 2. The van der Waals surface area contributed by atoms with E-state index in [2.05, 4.69) is 4.99 Å². The van der Waals surface area contributed by atoms with E-state index in [4.69, 9.17) is 37.4 Å². The van der Waals surface area contributed by atoms with Crippen molar-refractivity contribution in [2.45, 2.75) is 6.92 Å². The molecule has 0 saturated carbocycles. The number of esters is 1. The summed E-state index contributed by atoms with van der Waals surface area (Å²) in [6, 6.07) is 12.3. The second-order valence-electron chi connectivity index (χ2n) is 7.37. The lowest BCUT2D eigenvalue weighted by Crippen LogP contribution is -2.05. The molecule has 4 rings (SSSR count). The Labute approximate surface area is 218 Å². The van der Waals surface area contributed by atoms with Crippen LogP contribution in [0.3, 0.4) is 0 Å². The van der Waals surface area contributed by atoms with Crippen molar-refractivity contribution in [2.75, 3.05) is 6.61 Å². The molecule has 188 valence electrons. The normalized spacial score (nSPS) is 13.8. The summed E-state index contributed by atoms with van der Waals surface area (Å²) in [4.78, 5) is 37.5. The number of hydrogen-bond acceptors (Lipinski definition) is 9. The summed E-state index contributed by atoms with van der Waals surface area (Å²) < 4.78 is 16.5. The van der Waals surface area contributed by atoms with Crippen molar-refractivity contribution in [1.82, 2.24) is 0 Å². The summed E-state index contributed by atoms with van der Waals surface area (Å²) in [5.74, 6) is -0.497. The second kappa shape index (κ2) is 10.6. The number of ether oxygens (including phenoxy) is 3. The van der Waals surface area contributed by atoms with Gasteiger partial charge in [-0.3, -0.25) is 20.2 Å². The average Bonchev–Trinajstić information content (AvgIpc) is 3.22. The summed E-state index contributed by atoms with van der Waals surface area (Å²) in [6.07, 6.45) is 1.47. The van der Waals surface area contributed by atoms with E-state index in [1.165, 1.54) is 18.2 Å². The van der Waals surface area contributed by atoms with Crippen LogP contribution in [0.1, 0.15) is 18.1 Å². The topological polar surface area (TPSA) is 143 Å². The van der Waals surface area contributed by atoms with Gasteiger partial charge in [-0.1, -0.05) is 29.3 Å². The Hall–Kier alpha value is -4.48. The molecule has 0 aliphatic carbocycles. The molecule has 11 nitrogen and oxygen atoms in total. The SMILES string of the molecule is CCOc1cc(/C=C2\N=C(c3ccc(Cl)c(Cl)c3)OC2=O)ccc1Oc1ccc([N+](=O)[O-])cc1[N+](=O)[O-]. The first kappa shape index (κ1) is 25.6. The Morgan fingerprint density at radius 1 is 0.946 bits per heavy atom. The van der Waals surface area contributed by atoms with Crippen LogP contribution in [-0.2, 0) is 9.53 Å². The van der Waals surface area contributed by atoms with Gasteiger partial charge in [0.2, 0.25) is 11.6 Å². The number of benzene rings is 3. The minimum atomic E-state index is -0.781. The van der Waals surface area contributed by atoms with E-state index in [1.54, 1.807) is 31.2 Å². The first-order valence-corrected chi connectivity index (χ1v) is 11.3. The number of nitrogens with zero attached hydrogens (tertiary/aromatic N) is 3. The number of hydrogen-bond donors (Lipinski definition) is 0. The van der Waals surface area contributed by atoms with Gasteiger partial charge in [-0.05, 0) is 55.0 Å². The van der Waals surface area contributed by atoms with Crippen molar-refractivity contribution in [3.63, 3.8) is 0 Å². The summed E-state index contributed by atoms with van der Waals surface area (Å²) >= 11 is 12.0. The third-order valence-corrected chi connectivity index (χ3v) is 5.67. The van der Waals surface area contributed by atoms with E-state index in [0.29, 0.717) is 16.1 Å². The predicted molar refractivity (Wildman–Crippen MR) is 135 cm³/mol. The third kappa shape index (κ3) is 5.68. The van der Waals surface area contributed by atoms with Crippen molar-refractivity contribution in [2.24, 2.45) is 4.99 Å².